The molecule has 4 nitrogen and oxygen atoms in total. The van der Waals surface area contributed by atoms with Crippen molar-refractivity contribution >= 4 is 32.9 Å². The molecule has 0 aliphatic rings. The molecule has 86 valence electrons. The predicted molar refractivity (Wildman–Crippen MR) is 69.4 cm³/mol. The Balaban J connectivity index is 0.00000128. The molecule has 1 heterocycles. The highest BCUT2D eigenvalue weighted by atomic mass is 79.9. The van der Waals surface area contributed by atoms with Crippen molar-refractivity contribution in [2.24, 2.45) is 7.05 Å². The van der Waals surface area contributed by atoms with E-state index in [1.807, 2.05) is 7.05 Å². The van der Waals surface area contributed by atoms with E-state index < -0.39 is 0 Å². The lowest BCUT2D eigenvalue weighted by molar-refractivity contribution is 0.416. The molecule has 1 aromatic carbocycles. The molecule has 0 saturated carbocycles. The van der Waals surface area contributed by atoms with Gasteiger partial charge < -0.3 is 14.4 Å². The lowest BCUT2D eigenvalue weighted by Crippen LogP contribution is -1.93. The highest BCUT2D eigenvalue weighted by Gasteiger charge is 2.04. The number of hydrogen-bond acceptors (Lipinski definition) is 3. The van der Waals surface area contributed by atoms with Gasteiger partial charge in [0.05, 0.1) is 4.47 Å². The summed E-state index contributed by atoms with van der Waals surface area (Å²) in [6.07, 6.45) is 3.43. The summed E-state index contributed by atoms with van der Waals surface area (Å²) in [6, 6.07) is 5.47. The second-order valence-corrected chi connectivity index (χ2v) is 3.89. The Kier molecular flexibility index (Phi) is 4.37. The van der Waals surface area contributed by atoms with E-state index in [-0.39, 0.29) is 22.7 Å². The molecule has 1 aromatic heterocycles. The van der Waals surface area contributed by atoms with Crippen LogP contribution < -0.4 is 4.74 Å². The van der Waals surface area contributed by atoms with Crippen molar-refractivity contribution in [3.63, 3.8) is 0 Å². The lowest BCUT2D eigenvalue weighted by atomic mass is 10.3. The minimum absolute atomic E-state index is 0. The molecule has 0 fully saturated rings. The highest BCUT2D eigenvalue weighted by molar-refractivity contribution is 9.10. The number of aromatic hydroxyl groups is 1. The summed E-state index contributed by atoms with van der Waals surface area (Å²) in [6.45, 7) is 0. The highest BCUT2D eigenvalue weighted by Crippen LogP contribution is 2.29. The van der Waals surface area contributed by atoms with Crippen molar-refractivity contribution < 1.29 is 9.84 Å². The third-order valence-electron chi connectivity index (χ3n) is 1.90. The van der Waals surface area contributed by atoms with Gasteiger partial charge in [0.2, 0.25) is 0 Å². The summed E-state index contributed by atoms with van der Waals surface area (Å²) in [7, 11) is 1.83. The van der Waals surface area contributed by atoms with Crippen LogP contribution in [0.25, 0.3) is 0 Å². The van der Waals surface area contributed by atoms with Gasteiger partial charge >= 0.3 is 6.01 Å². The van der Waals surface area contributed by atoms with Crippen LogP contribution in [0.3, 0.4) is 0 Å². The number of benzene rings is 1. The van der Waals surface area contributed by atoms with Crippen molar-refractivity contribution in [3.05, 3.63) is 35.1 Å². The fraction of sp³-hybridized carbons (Fsp3) is 0.100. The molecule has 0 radical (unpaired) electrons. The zero-order valence-electron chi connectivity index (χ0n) is 8.42. The first-order valence-electron chi connectivity index (χ1n) is 4.30. The monoisotopic (exact) mass is 348 g/mol. The molecule has 0 bridgehead atoms. The first-order chi connectivity index (χ1) is 7.16. The molecule has 1 N–H and O–H groups in total. The van der Waals surface area contributed by atoms with Gasteiger partial charge in [0.1, 0.15) is 11.5 Å². The zero-order chi connectivity index (χ0) is 10.8. The van der Waals surface area contributed by atoms with E-state index in [0.717, 1.165) is 0 Å². The maximum Gasteiger partial charge on any atom is 0.301 e. The topological polar surface area (TPSA) is 47.3 Å². The second kappa shape index (κ2) is 5.36. The lowest BCUT2D eigenvalue weighted by Gasteiger charge is -2.05. The summed E-state index contributed by atoms with van der Waals surface area (Å²) in [5.41, 5.74) is 0. The Morgan fingerprint density at radius 2 is 2.19 bits per heavy atom. The average Bonchev–Trinajstić information content (AvgIpc) is 2.59. The van der Waals surface area contributed by atoms with Crippen LogP contribution in [0.1, 0.15) is 0 Å². The number of aryl methyl sites for hydroxylation is 1. The first-order valence-corrected chi connectivity index (χ1v) is 5.10. The zero-order valence-corrected chi connectivity index (χ0v) is 11.7. The van der Waals surface area contributed by atoms with Crippen LogP contribution in [-0.2, 0) is 7.05 Å². The fourth-order valence-corrected chi connectivity index (χ4v) is 1.36. The van der Waals surface area contributed by atoms with Crippen LogP contribution in [0.5, 0.6) is 17.5 Å². The van der Waals surface area contributed by atoms with Gasteiger partial charge in [-0.3, -0.25) is 0 Å². The molecule has 0 spiro atoms. The number of aromatic nitrogens is 2. The number of halogens is 2. The Bertz CT molecular complexity index is 485. The SMILES string of the molecule is Br.Cn1ccnc1Oc1ccc(Br)c(O)c1. The molecule has 0 unspecified atom stereocenters. The largest absolute Gasteiger partial charge is 0.507 e. The Hall–Kier alpha value is -1.01. The van der Waals surface area contributed by atoms with Gasteiger partial charge in [0, 0.05) is 25.5 Å². The molecule has 0 aliphatic heterocycles. The molecule has 16 heavy (non-hydrogen) atoms. The summed E-state index contributed by atoms with van der Waals surface area (Å²) in [5, 5.41) is 9.44. The fourth-order valence-electron chi connectivity index (χ4n) is 1.11. The quantitative estimate of drug-likeness (QED) is 0.905. The number of rotatable bonds is 2. The normalized spacial score (nSPS) is 9.62. The van der Waals surface area contributed by atoms with Crippen molar-refractivity contribution in [1.82, 2.24) is 9.55 Å². The third-order valence-corrected chi connectivity index (χ3v) is 2.57. The molecule has 0 saturated heterocycles. The van der Waals surface area contributed by atoms with Crippen LogP contribution in [0.4, 0.5) is 0 Å². The van der Waals surface area contributed by atoms with Gasteiger partial charge in [-0.2, -0.15) is 0 Å². The smallest absolute Gasteiger partial charge is 0.301 e. The van der Waals surface area contributed by atoms with E-state index >= 15 is 0 Å². The second-order valence-electron chi connectivity index (χ2n) is 3.04. The molecular weight excluding hydrogens is 340 g/mol. The van der Waals surface area contributed by atoms with E-state index in [4.69, 9.17) is 4.74 Å². The maximum atomic E-state index is 9.44. The van der Waals surface area contributed by atoms with Crippen LogP contribution in [-0.4, -0.2) is 14.7 Å². The van der Waals surface area contributed by atoms with Gasteiger partial charge in [-0.1, -0.05) is 0 Å². The Morgan fingerprint density at radius 1 is 1.44 bits per heavy atom. The number of hydrogen-bond donors (Lipinski definition) is 1. The number of nitrogens with zero attached hydrogens (tertiary/aromatic N) is 2. The number of phenols is 1. The van der Waals surface area contributed by atoms with Crippen LogP contribution in [0.2, 0.25) is 0 Å². The van der Waals surface area contributed by atoms with E-state index in [0.29, 0.717) is 16.2 Å². The minimum atomic E-state index is 0. The summed E-state index contributed by atoms with van der Waals surface area (Å²) in [5.74, 6) is 0.687. The van der Waals surface area contributed by atoms with Crippen molar-refractivity contribution in [1.29, 1.82) is 0 Å². The summed E-state index contributed by atoms with van der Waals surface area (Å²) >= 11 is 3.20. The molecule has 2 aromatic rings. The molecule has 0 atom stereocenters. The van der Waals surface area contributed by atoms with E-state index in [9.17, 15) is 5.11 Å². The average molecular weight is 350 g/mol. The number of phenolic OH excluding ortho intramolecular Hbond substituents is 1. The third kappa shape index (κ3) is 2.76. The number of ether oxygens (including phenoxy) is 1. The number of imidazole rings is 1. The summed E-state index contributed by atoms with van der Waals surface area (Å²) < 4.78 is 7.84. The predicted octanol–water partition coefficient (Wildman–Crippen LogP) is 3.26. The molecule has 6 heteroatoms. The van der Waals surface area contributed by atoms with E-state index in [2.05, 4.69) is 20.9 Å². The van der Waals surface area contributed by atoms with Crippen molar-refractivity contribution in [2.45, 2.75) is 0 Å². The molecule has 0 amide bonds. The standard InChI is InChI=1S/C10H9BrN2O2.BrH/c1-13-5-4-12-10(13)15-7-2-3-8(11)9(14)6-7;/h2-6,14H,1H3;1H. The van der Waals surface area contributed by atoms with Crippen LogP contribution in [0.15, 0.2) is 35.1 Å². The van der Waals surface area contributed by atoms with Crippen LogP contribution >= 0.6 is 32.9 Å². The molecule has 2 rings (SSSR count). The van der Waals surface area contributed by atoms with E-state index in [1.54, 1.807) is 29.1 Å². The van der Waals surface area contributed by atoms with E-state index in [1.165, 1.54) is 6.07 Å². The molecule has 0 aliphatic carbocycles. The van der Waals surface area contributed by atoms with Gasteiger partial charge in [0.15, 0.2) is 0 Å². The van der Waals surface area contributed by atoms with Gasteiger partial charge in [0.25, 0.3) is 0 Å². The van der Waals surface area contributed by atoms with Crippen molar-refractivity contribution in [3.8, 4) is 17.5 Å². The van der Waals surface area contributed by atoms with Crippen molar-refractivity contribution in [2.75, 3.05) is 0 Å². The van der Waals surface area contributed by atoms with Gasteiger partial charge in [-0.15, -0.1) is 17.0 Å². The maximum absolute atomic E-state index is 9.44. The minimum Gasteiger partial charge on any atom is -0.507 e. The van der Waals surface area contributed by atoms with Gasteiger partial charge in [-0.25, -0.2) is 4.98 Å². The first kappa shape index (κ1) is 13.1. The van der Waals surface area contributed by atoms with Crippen LogP contribution in [0, 0.1) is 0 Å². The Morgan fingerprint density at radius 3 is 2.75 bits per heavy atom. The Labute approximate surface area is 112 Å². The molecular formula is C10H10Br2N2O2. The summed E-state index contributed by atoms with van der Waals surface area (Å²) in [4.78, 5) is 4.01. The van der Waals surface area contributed by atoms with Gasteiger partial charge in [-0.05, 0) is 28.1 Å².